The van der Waals surface area contributed by atoms with Gasteiger partial charge in [0.15, 0.2) is 5.82 Å². The maximum Gasteiger partial charge on any atom is 0.160 e. The molecule has 8 rings (SSSR count). The Bertz CT molecular complexity index is 2160. The van der Waals surface area contributed by atoms with E-state index in [4.69, 9.17) is 9.97 Å². The second-order valence-electron chi connectivity index (χ2n) is 11.3. The Morgan fingerprint density at radius 2 is 0.717 bits per heavy atom. The third kappa shape index (κ3) is 5.58. The van der Waals surface area contributed by atoms with Gasteiger partial charge >= 0.3 is 0 Å². The van der Waals surface area contributed by atoms with Crippen LogP contribution in [0.5, 0.6) is 0 Å². The molecule has 0 unspecified atom stereocenters. The number of hydrogen-bond donors (Lipinski definition) is 0. The molecule has 0 saturated carbocycles. The predicted molar refractivity (Wildman–Crippen MR) is 190 cm³/mol. The Labute approximate surface area is 268 Å². The predicted octanol–water partition coefficient (Wildman–Crippen LogP) is 11.0. The molecule has 2 heterocycles. The maximum absolute atomic E-state index is 5.09. The van der Waals surface area contributed by atoms with Crippen molar-refractivity contribution in [2.45, 2.75) is 0 Å². The van der Waals surface area contributed by atoms with Crippen molar-refractivity contribution < 1.29 is 0 Å². The summed E-state index contributed by atoms with van der Waals surface area (Å²) in [5, 5.41) is 1.13. The first kappa shape index (κ1) is 27.4. The fourth-order valence-corrected chi connectivity index (χ4v) is 5.84. The second-order valence-corrected chi connectivity index (χ2v) is 11.3. The van der Waals surface area contributed by atoms with Gasteiger partial charge < -0.3 is 0 Å². The molecule has 8 aromatic rings. The molecule has 0 bridgehead atoms. The first-order valence-corrected chi connectivity index (χ1v) is 15.4. The molecule has 0 fully saturated rings. The van der Waals surface area contributed by atoms with Gasteiger partial charge in [-0.2, -0.15) is 0 Å². The first-order chi connectivity index (χ1) is 22.8. The van der Waals surface area contributed by atoms with Gasteiger partial charge in [0.2, 0.25) is 0 Å². The van der Waals surface area contributed by atoms with E-state index in [-0.39, 0.29) is 0 Å². The highest BCUT2D eigenvalue weighted by Crippen LogP contribution is 2.32. The number of hydrogen-bond acceptors (Lipinski definition) is 3. The number of nitrogens with zero attached hydrogens (tertiary/aromatic N) is 3. The Morgan fingerprint density at radius 1 is 0.304 bits per heavy atom. The van der Waals surface area contributed by atoms with Gasteiger partial charge in [0, 0.05) is 33.8 Å². The van der Waals surface area contributed by atoms with E-state index < -0.39 is 0 Å². The standard InChI is InChI=1S/C43H29N3/c1-3-9-30(10-4-1)32-15-21-35(22-16-32)41-28-42(36-23-17-33(18-24-36)31-11-5-2-6-12-31)46-43(45-41)37-25-19-34(20-26-37)39-27-38-13-7-8-14-40(38)44-29-39/h1-29H. The van der Waals surface area contributed by atoms with E-state index in [1.54, 1.807) is 0 Å². The van der Waals surface area contributed by atoms with Gasteiger partial charge in [-0.3, -0.25) is 4.98 Å². The van der Waals surface area contributed by atoms with Crippen molar-refractivity contribution in [3.05, 3.63) is 176 Å². The molecule has 0 radical (unpaired) electrons. The molecule has 2 aromatic heterocycles. The molecule has 0 atom stereocenters. The summed E-state index contributed by atoms with van der Waals surface area (Å²) in [7, 11) is 0. The van der Waals surface area contributed by atoms with Crippen LogP contribution in [-0.2, 0) is 0 Å². The molecule has 0 aliphatic heterocycles. The summed E-state index contributed by atoms with van der Waals surface area (Å²) >= 11 is 0. The Balaban J connectivity index is 1.18. The van der Waals surface area contributed by atoms with Gasteiger partial charge in [0.05, 0.1) is 16.9 Å². The molecule has 3 nitrogen and oxygen atoms in total. The SMILES string of the molecule is c1ccc(-c2ccc(-c3cc(-c4ccc(-c5ccccc5)cc4)nc(-c4ccc(-c5cnc6ccccc6c5)cc4)n3)cc2)cc1. The average Bonchev–Trinajstić information content (AvgIpc) is 3.15. The van der Waals surface area contributed by atoms with Crippen LogP contribution in [0, 0.1) is 0 Å². The molecule has 0 spiro atoms. The smallest absolute Gasteiger partial charge is 0.160 e. The summed E-state index contributed by atoms with van der Waals surface area (Å²) < 4.78 is 0. The molecule has 0 aliphatic rings. The van der Waals surface area contributed by atoms with Crippen molar-refractivity contribution >= 4 is 10.9 Å². The normalized spacial score (nSPS) is 11.0. The van der Waals surface area contributed by atoms with Crippen molar-refractivity contribution in [1.82, 2.24) is 15.0 Å². The highest BCUT2D eigenvalue weighted by atomic mass is 14.9. The zero-order valence-electron chi connectivity index (χ0n) is 25.1. The topological polar surface area (TPSA) is 38.7 Å². The highest BCUT2D eigenvalue weighted by molar-refractivity contribution is 5.84. The van der Waals surface area contributed by atoms with Crippen LogP contribution in [0.15, 0.2) is 176 Å². The van der Waals surface area contributed by atoms with Crippen LogP contribution in [0.1, 0.15) is 0 Å². The molecule has 46 heavy (non-hydrogen) atoms. The molecule has 0 N–H and O–H groups in total. The monoisotopic (exact) mass is 587 g/mol. The number of para-hydroxylation sites is 1. The molecule has 216 valence electrons. The number of benzene rings is 6. The molecular formula is C43H29N3. The zero-order valence-corrected chi connectivity index (χ0v) is 25.1. The van der Waals surface area contributed by atoms with Crippen LogP contribution in [0.4, 0.5) is 0 Å². The van der Waals surface area contributed by atoms with Crippen molar-refractivity contribution in [2.75, 3.05) is 0 Å². The summed E-state index contributed by atoms with van der Waals surface area (Å²) in [6, 6.07) is 59.0. The molecule has 0 saturated heterocycles. The lowest BCUT2D eigenvalue weighted by atomic mass is 10.00. The second kappa shape index (κ2) is 12.1. The summed E-state index contributed by atoms with van der Waals surface area (Å²) in [6.45, 7) is 0. The minimum absolute atomic E-state index is 0.690. The number of fused-ring (bicyclic) bond motifs is 1. The summed E-state index contributed by atoms with van der Waals surface area (Å²) in [5.74, 6) is 0.690. The molecular weight excluding hydrogens is 558 g/mol. The van der Waals surface area contributed by atoms with Crippen molar-refractivity contribution in [3.8, 4) is 67.3 Å². The van der Waals surface area contributed by atoms with Crippen molar-refractivity contribution in [1.29, 1.82) is 0 Å². The van der Waals surface area contributed by atoms with Crippen LogP contribution in [0.3, 0.4) is 0 Å². The fraction of sp³-hybridized carbons (Fsp3) is 0. The van der Waals surface area contributed by atoms with Gasteiger partial charge in [0.25, 0.3) is 0 Å². The zero-order chi connectivity index (χ0) is 30.7. The minimum atomic E-state index is 0.690. The number of rotatable bonds is 6. The van der Waals surface area contributed by atoms with Crippen LogP contribution in [-0.4, -0.2) is 15.0 Å². The van der Waals surface area contributed by atoms with Crippen molar-refractivity contribution in [3.63, 3.8) is 0 Å². The van der Waals surface area contributed by atoms with E-state index in [0.717, 1.165) is 50.1 Å². The Kier molecular flexibility index (Phi) is 7.18. The summed E-state index contributed by atoms with van der Waals surface area (Å²) in [4.78, 5) is 14.8. The van der Waals surface area contributed by atoms with Gasteiger partial charge in [-0.1, -0.05) is 152 Å². The van der Waals surface area contributed by atoms with Crippen LogP contribution >= 0.6 is 0 Å². The number of pyridine rings is 1. The third-order valence-corrected chi connectivity index (χ3v) is 8.37. The van der Waals surface area contributed by atoms with Crippen LogP contribution in [0.2, 0.25) is 0 Å². The Morgan fingerprint density at radius 3 is 1.26 bits per heavy atom. The van der Waals surface area contributed by atoms with E-state index in [2.05, 4.69) is 145 Å². The van der Waals surface area contributed by atoms with E-state index in [1.165, 1.54) is 22.3 Å². The lowest BCUT2D eigenvalue weighted by molar-refractivity contribution is 1.18. The average molecular weight is 588 g/mol. The molecule has 0 amide bonds. The van der Waals surface area contributed by atoms with E-state index >= 15 is 0 Å². The lowest BCUT2D eigenvalue weighted by Crippen LogP contribution is -1.96. The van der Waals surface area contributed by atoms with E-state index in [1.807, 2.05) is 36.5 Å². The van der Waals surface area contributed by atoms with Gasteiger partial charge in [-0.15, -0.1) is 0 Å². The van der Waals surface area contributed by atoms with Crippen LogP contribution < -0.4 is 0 Å². The highest BCUT2D eigenvalue weighted by Gasteiger charge is 2.12. The quantitative estimate of drug-likeness (QED) is 0.194. The van der Waals surface area contributed by atoms with E-state index in [0.29, 0.717) is 5.82 Å². The van der Waals surface area contributed by atoms with Crippen LogP contribution in [0.25, 0.3) is 78.2 Å². The largest absolute Gasteiger partial charge is 0.256 e. The first-order valence-electron chi connectivity index (χ1n) is 15.4. The van der Waals surface area contributed by atoms with Gasteiger partial charge in [-0.05, 0) is 46.0 Å². The lowest BCUT2D eigenvalue weighted by Gasteiger charge is -2.11. The third-order valence-electron chi connectivity index (χ3n) is 8.37. The maximum atomic E-state index is 5.09. The van der Waals surface area contributed by atoms with Crippen molar-refractivity contribution in [2.24, 2.45) is 0 Å². The van der Waals surface area contributed by atoms with E-state index in [9.17, 15) is 0 Å². The fourth-order valence-electron chi connectivity index (χ4n) is 5.84. The molecule has 6 aromatic carbocycles. The Hall–Kier alpha value is -6.19. The summed E-state index contributed by atoms with van der Waals surface area (Å²) in [6.07, 6.45) is 1.94. The molecule has 3 heteroatoms. The van der Waals surface area contributed by atoms with Gasteiger partial charge in [0.1, 0.15) is 0 Å². The number of aromatic nitrogens is 3. The molecule has 0 aliphatic carbocycles. The van der Waals surface area contributed by atoms with Gasteiger partial charge in [-0.25, -0.2) is 9.97 Å². The minimum Gasteiger partial charge on any atom is -0.256 e. The summed E-state index contributed by atoms with van der Waals surface area (Å²) in [5.41, 5.74) is 12.7.